The number of hydrogen-bond acceptors (Lipinski definition) is 4. The predicted octanol–water partition coefficient (Wildman–Crippen LogP) is 3.07. The van der Waals surface area contributed by atoms with Gasteiger partial charge in [-0.05, 0) is 30.7 Å². The zero-order valence-electron chi connectivity index (χ0n) is 14.6. The van der Waals surface area contributed by atoms with Crippen LogP contribution in [-0.4, -0.2) is 24.5 Å². The fraction of sp³-hybridized carbons (Fsp3) is 0.312. The highest BCUT2D eigenvalue weighted by atomic mass is 35.5. The Kier molecular flexibility index (Phi) is 4.77. The molecule has 0 spiro atoms. The van der Waals surface area contributed by atoms with Crippen molar-refractivity contribution in [3.8, 4) is 17.0 Å². The number of ether oxygens (including phenoxy) is 1. The lowest BCUT2D eigenvalue weighted by Gasteiger charge is -2.13. The molecule has 0 aliphatic heterocycles. The van der Waals surface area contributed by atoms with Crippen LogP contribution in [0.3, 0.4) is 0 Å². The molecule has 11 heteroatoms. The smallest absolute Gasteiger partial charge is 0.435 e. The molecule has 2 heterocycles. The Bertz CT molecular complexity index is 1050. The zero-order valence-corrected chi connectivity index (χ0v) is 15.3. The van der Waals surface area contributed by atoms with E-state index in [0.29, 0.717) is 27.7 Å². The Morgan fingerprint density at radius 3 is 2.52 bits per heavy atom. The third kappa shape index (κ3) is 3.70. The van der Waals surface area contributed by atoms with Gasteiger partial charge in [0.15, 0.2) is 11.5 Å². The van der Waals surface area contributed by atoms with Crippen molar-refractivity contribution in [1.29, 1.82) is 0 Å². The summed E-state index contributed by atoms with van der Waals surface area (Å²) in [7, 11) is 2.93. The first-order valence-electron chi connectivity index (χ1n) is 7.72. The standard InChI is InChI=1S/C16H15ClF3N5O2/c1-8-4-12(27-7-14-21-22-15(26)24(14)2)9(5-10(8)17)11-6-13(16(18,19)20)23-25(11)3/h4-6H,7H2,1-3H3,(H,22,26). The lowest BCUT2D eigenvalue weighted by atomic mass is 10.1. The molecular weight excluding hydrogens is 387 g/mol. The summed E-state index contributed by atoms with van der Waals surface area (Å²) in [6.45, 7) is 1.68. The Morgan fingerprint density at radius 1 is 1.26 bits per heavy atom. The van der Waals surface area contributed by atoms with Crippen LogP contribution in [0, 0.1) is 6.92 Å². The van der Waals surface area contributed by atoms with Gasteiger partial charge in [0.25, 0.3) is 0 Å². The second-order valence-electron chi connectivity index (χ2n) is 5.93. The number of aromatic nitrogens is 5. The summed E-state index contributed by atoms with van der Waals surface area (Å²) in [5, 5.41) is 10.0. The number of alkyl halides is 3. The molecule has 7 nitrogen and oxygen atoms in total. The van der Waals surface area contributed by atoms with E-state index in [-0.39, 0.29) is 12.3 Å². The Labute approximate surface area is 156 Å². The molecule has 3 aromatic rings. The highest BCUT2D eigenvalue weighted by Crippen LogP contribution is 2.38. The summed E-state index contributed by atoms with van der Waals surface area (Å²) in [5.41, 5.74) is -0.198. The van der Waals surface area contributed by atoms with Gasteiger partial charge in [0.2, 0.25) is 0 Å². The van der Waals surface area contributed by atoms with E-state index in [1.54, 1.807) is 13.0 Å². The van der Waals surface area contributed by atoms with E-state index in [4.69, 9.17) is 16.3 Å². The van der Waals surface area contributed by atoms with Gasteiger partial charge >= 0.3 is 11.9 Å². The van der Waals surface area contributed by atoms with E-state index < -0.39 is 17.6 Å². The molecule has 0 aliphatic rings. The molecular formula is C16H15ClF3N5O2. The van der Waals surface area contributed by atoms with Crippen LogP contribution in [0.25, 0.3) is 11.3 Å². The number of benzene rings is 1. The number of hydrogen-bond donors (Lipinski definition) is 1. The first kappa shape index (κ1) is 19.0. The molecule has 0 fully saturated rings. The molecule has 27 heavy (non-hydrogen) atoms. The van der Waals surface area contributed by atoms with Gasteiger partial charge in [-0.1, -0.05) is 11.6 Å². The Balaban J connectivity index is 2.03. The van der Waals surface area contributed by atoms with Crippen molar-refractivity contribution in [3.63, 3.8) is 0 Å². The summed E-state index contributed by atoms with van der Waals surface area (Å²) in [6.07, 6.45) is -4.57. The number of aryl methyl sites for hydroxylation is 2. The predicted molar refractivity (Wildman–Crippen MR) is 91.6 cm³/mol. The van der Waals surface area contributed by atoms with Crippen molar-refractivity contribution in [2.75, 3.05) is 0 Å². The monoisotopic (exact) mass is 401 g/mol. The van der Waals surface area contributed by atoms with Gasteiger partial charge in [-0.15, -0.1) is 0 Å². The number of H-pyrrole nitrogens is 1. The summed E-state index contributed by atoms with van der Waals surface area (Å²) in [4.78, 5) is 11.4. The molecule has 0 atom stereocenters. The molecule has 0 aliphatic carbocycles. The molecule has 1 aromatic carbocycles. The molecule has 0 unspecified atom stereocenters. The molecule has 0 saturated carbocycles. The zero-order chi connectivity index (χ0) is 19.9. The highest BCUT2D eigenvalue weighted by Gasteiger charge is 2.35. The molecule has 2 aromatic heterocycles. The molecule has 0 bridgehead atoms. The second kappa shape index (κ2) is 6.76. The number of aromatic amines is 1. The van der Waals surface area contributed by atoms with Crippen LogP contribution in [0.5, 0.6) is 5.75 Å². The van der Waals surface area contributed by atoms with E-state index in [9.17, 15) is 18.0 Å². The van der Waals surface area contributed by atoms with Gasteiger partial charge in [-0.25, -0.2) is 9.89 Å². The molecule has 0 radical (unpaired) electrons. The SMILES string of the molecule is Cc1cc(OCc2n[nH]c(=O)n2C)c(-c2cc(C(F)(F)F)nn2C)cc1Cl. The van der Waals surface area contributed by atoms with Crippen LogP contribution in [0.4, 0.5) is 13.2 Å². The van der Waals surface area contributed by atoms with Crippen LogP contribution < -0.4 is 10.4 Å². The van der Waals surface area contributed by atoms with E-state index in [1.165, 1.54) is 24.7 Å². The number of halogens is 4. The van der Waals surface area contributed by atoms with Crippen LogP contribution in [-0.2, 0) is 26.9 Å². The molecule has 0 amide bonds. The van der Waals surface area contributed by atoms with Gasteiger partial charge in [-0.2, -0.15) is 23.4 Å². The quantitative estimate of drug-likeness (QED) is 0.728. The second-order valence-corrected chi connectivity index (χ2v) is 6.33. The fourth-order valence-corrected chi connectivity index (χ4v) is 2.65. The van der Waals surface area contributed by atoms with E-state index in [0.717, 1.165) is 10.7 Å². The summed E-state index contributed by atoms with van der Waals surface area (Å²) in [6, 6.07) is 4.06. The topological polar surface area (TPSA) is 77.7 Å². The third-order valence-electron chi connectivity index (χ3n) is 4.04. The van der Waals surface area contributed by atoms with Gasteiger partial charge in [0.1, 0.15) is 12.4 Å². The van der Waals surface area contributed by atoms with Crippen molar-refractivity contribution in [1.82, 2.24) is 24.5 Å². The van der Waals surface area contributed by atoms with E-state index >= 15 is 0 Å². The maximum Gasteiger partial charge on any atom is 0.435 e. The van der Waals surface area contributed by atoms with Crippen molar-refractivity contribution >= 4 is 11.6 Å². The van der Waals surface area contributed by atoms with Gasteiger partial charge < -0.3 is 4.74 Å². The lowest BCUT2D eigenvalue weighted by Crippen LogP contribution is -2.15. The summed E-state index contributed by atoms with van der Waals surface area (Å²) < 4.78 is 47.1. The molecule has 1 N–H and O–H groups in total. The highest BCUT2D eigenvalue weighted by molar-refractivity contribution is 6.31. The van der Waals surface area contributed by atoms with E-state index in [1.807, 2.05) is 0 Å². The minimum atomic E-state index is -4.57. The van der Waals surface area contributed by atoms with Crippen molar-refractivity contribution in [2.45, 2.75) is 19.7 Å². The lowest BCUT2D eigenvalue weighted by molar-refractivity contribution is -0.141. The van der Waals surface area contributed by atoms with Crippen LogP contribution in [0.15, 0.2) is 23.0 Å². The van der Waals surface area contributed by atoms with Crippen molar-refractivity contribution in [2.24, 2.45) is 14.1 Å². The molecule has 144 valence electrons. The number of nitrogens with one attached hydrogen (secondary N) is 1. The van der Waals surface area contributed by atoms with Crippen LogP contribution in [0.1, 0.15) is 17.1 Å². The van der Waals surface area contributed by atoms with Gasteiger partial charge in [0.05, 0.1) is 5.69 Å². The molecule has 0 saturated heterocycles. The maximum absolute atomic E-state index is 13.0. The molecule has 3 rings (SSSR count). The third-order valence-corrected chi connectivity index (χ3v) is 4.44. The van der Waals surface area contributed by atoms with Gasteiger partial charge in [-0.3, -0.25) is 9.25 Å². The first-order valence-corrected chi connectivity index (χ1v) is 8.10. The Hall–Kier alpha value is -2.75. The van der Waals surface area contributed by atoms with Crippen LogP contribution in [0.2, 0.25) is 5.02 Å². The minimum absolute atomic E-state index is 0.0622. The average Bonchev–Trinajstić information content (AvgIpc) is 3.12. The van der Waals surface area contributed by atoms with Gasteiger partial charge in [0, 0.05) is 24.7 Å². The number of nitrogens with zero attached hydrogens (tertiary/aromatic N) is 4. The first-order chi connectivity index (χ1) is 12.6. The summed E-state index contributed by atoms with van der Waals surface area (Å²) in [5.74, 6) is 0.628. The Morgan fingerprint density at radius 2 is 1.96 bits per heavy atom. The largest absolute Gasteiger partial charge is 0.485 e. The number of rotatable bonds is 4. The van der Waals surface area contributed by atoms with E-state index in [2.05, 4.69) is 15.3 Å². The normalized spacial score (nSPS) is 11.8. The van der Waals surface area contributed by atoms with Crippen molar-refractivity contribution < 1.29 is 17.9 Å². The summed E-state index contributed by atoms with van der Waals surface area (Å²) >= 11 is 6.16. The maximum atomic E-state index is 13.0. The average molecular weight is 402 g/mol. The van der Waals surface area contributed by atoms with Crippen LogP contribution >= 0.6 is 11.6 Å². The fourth-order valence-electron chi connectivity index (χ4n) is 2.48. The minimum Gasteiger partial charge on any atom is -0.485 e. The van der Waals surface area contributed by atoms with Crippen molar-refractivity contribution in [3.05, 3.63) is 50.8 Å².